The lowest BCUT2D eigenvalue weighted by atomic mass is 9.67. The fourth-order valence-corrected chi connectivity index (χ4v) is 10.6. The second-order valence-corrected chi connectivity index (χ2v) is 17.0. The van der Waals surface area contributed by atoms with Gasteiger partial charge in [-0.2, -0.15) is 0 Å². The largest absolute Gasteiger partial charge is 0.107 e. The highest BCUT2D eigenvalue weighted by molar-refractivity contribution is 14.0. The van der Waals surface area contributed by atoms with Crippen molar-refractivity contribution in [1.82, 2.24) is 0 Å². The smallest absolute Gasteiger partial charge is 0.0713 e. The van der Waals surface area contributed by atoms with Crippen molar-refractivity contribution >= 4 is 24.0 Å². The summed E-state index contributed by atoms with van der Waals surface area (Å²) in [6.45, 7) is 8.25. The van der Waals surface area contributed by atoms with Crippen molar-refractivity contribution in [1.29, 1.82) is 0 Å². The Hall–Kier alpha value is -7.07. The van der Waals surface area contributed by atoms with E-state index in [2.05, 4.69) is 281 Å². The average Bonchev–Trinajstić information content (AvgIpc) is 3.90. The van der Waals surface area contributed by atoms with Gasteiger partial charge in [0.1, 0.15) is 0 Å². The molecule has 0 N–H and O–H groups in total. The van der Waals surface area contributed by atoms with Crippen LogP contribution in [0, 0.1) is 0 Å². The first kappa shape index (κ1) is 47.4. The molecule has 2 aliphatic rings. The summed E-state index contributed by atoms with van der Waals surface area (Å²) in [5, 5.41) is 0. The third-order valence-electron chi connectivity index (χ3n) is 13.1. The molecule has 0 bridgehead atoms. The number of hydrogen-bond donors (Lipinski definition) is 0. The van der Waals surface area contributed by atoms with Gasteiger partial charge in [0.05, 0.1) is 10.8 Å². The molecule has 1 heteroatoms. The van der Waals surface area contributed by atoms with Gasteiger partial charge in [-0.15, -0.1) is 24.0 Å². The lowest BCUT2D eigenvalue weighted by molar-refractivity contribution is 0.768. The second kappa shape index (κ2) is 21.7. The van der Waals surface area contributed by atoms with Gasteiger partial charge in [0.2, 0.25) is 0 Å². The zero-order chi connectivity index (χ0) is 46.1. The zero-order valence-corrected chi connectivity index (χ0v) is 41.8. The van der Waals surface area contributed by atoms with Gasteiger partial charge >= 0.3 is 0 Å². The van der Waals surface area contributed by atoms with Crippen molar-refractivity contribution in [3.8, 4) is 44.5 Å². The van der Waals surface area contributed by atoms with E-state index < -0.39 is 0 Å². The number of rotatable bonds is 6. The maximum absolute atomic E-state index is 2.41. The lowest BCUT2D eigenvalue weighted by Crippen LogP contribution is -2.28. The SMILES string of the molecule is CC.CCC.I.c1ccc(-c2ccc3c(c2)C(c2ccccc2)(c2ccccc2)c2ccccc2-3)cc1.c1ccc(-c2cccc3c2-c2ccccc2C3(c2ccccc2)c2ccccc2)cc1. The minimum Gasteiger partial charge on any atom is -0.107 e. The van der Waals surface area contributed by atoms with Crippen LogP contribution in [0.3, 0.4) is 0 Å². The van der Waals surface area contributed by atoms with Crippen molar-refractivity contribution in [2.75, 3.05) is 0 Å². The Morgan fingerprint density at radius 2 is 0.588 bits per heavy atom. The Bertz CT molecular complexity index is 3000. The summed E-state index contributed by atoms with van der Waals surface area (Å²) in [6, 6.07) is 96.8. The monoisotopic (exact) mass is 990 g/mol. The Morgan fingerprint density at radius 3 is 1.06 bits per heavy atom. The molecule has 0 unspecified atom stereocenters. The molecule has 334 valence electrons. The predicted octanol–water partition coefficient (Wildman–Crippen LogP) is 18.5. The summed E-state index contributed by atoms with van der Waals surface area (Å²) >= 11 is 0. The van der Waals surface area contributed by atoms with Crippen LogP contribution in [0.2, 0.25) is 0 Å². The van der Waals surface area contributed by atoms with Gasteiger partial charge < -0.3 is 0 Å². The van der Waals surface area contributed by atoms with E-state index in [4.69, 9.17) is 0 Å². The topological polar surface area (TPSA) is 0 Å². The molecule has 0 nitrogen and oxygen atoms in total. The second-order valence-electron chi connectivity index (χ2n) is 17.0. The standard InChI is InChI=1S/2C31H22.C3H8.C2H6.HI/c1-4-13-23(14-5-1)26-20-12-22-29-30(26)27-19-10-11-21-28(27)31(29,24-15-6-2-7-16-24)25-17-8-3-9-18-25;1-4-12-23(13-5-1)24-20-21-28-27-18-10-11-19-29(27)31(30(28)22-24,25-14-6-2-7-15-25)26-16-8-3-9-17-26;1-3-2;1-2;/h2*1-22H;3H2,1-2H3;1-2H3;1H. The molecule has 12 rings (SSSR count). The van der Waals surface area contributed by atoms with Crippen LogP contribution >= 0.6 is 24.0 Å². The summed E-state index contributed by atoms with van der Waals surface area (Å²) < 4.78 is 0. The highest BCUT2D eigenvalue weighted by atomic mass is 127. The van der Waals surface area contributed by atoms with Gasteiger partial charge in [0.25, 0.3) is 0 Å². The third kappa shape index (κ3) is 8.35. The maximum atomic E-state index is 2.41. The molecule has 0 aliphatic heterocycles. The Labute approximate surface area is 422 Å². The quantitative estimate of drug-likeness (QED) is 0.146. The van der Waals surface area contributed by atoms with E-state index in [1.165, 1.54) is 95.4 Å². The van der Waals surface area contributed by atoms with Crippen molar-refractivity contribution in [3.63, 3.8) is 0 Å². The first-order chi connectivity index (χ1) is 33.2. The van der Waals surface area contributed by atoms with Gasteiger partial charge in [0, 0.05) is 0 Å². The van der Waals surface area contributed by atoms with Gasteiger partial charge in [-0.05, 0) is 95.1 Å². The number of benzene rings is 10. The first-order valence-electron chi connectivity index (χ1n) is 24.0. The number of fused-ring (bicyclic) bond motifs is 6. The summed E-state index contributed by atoms with van der Waals surface area (Å²) in [5.41, 5.74) is 20.3. The molecule has 0 heterocycles. The van der Waals surface area contributed by atoms with Crippen LogP contribution < -0.4 is 0 Å². The Kier molecular flexibility index (Phi) is 15.1. The predicted molar refractivity (Wildman–Crippen MR) is 301 cm³/mol. The van der Waals surface area contributed by atoms with E-state index >= 15 is 0 Å². The molecular formula is C67H59I. The molecule has 0 saturated heterocycles. The molecule has 0 saturated carbocycles. The maximum Gasteiger partial charge on any atom is 0.0713 e. The Morgan fingerprint density at radius 1 is 0.265 bits per heavy atom. The molecule has 0 spiro atoms. The molecule has 0 fully saturated rings. The highest BCUT2D eigenvalue weighted by Gasteiger charge is 2.47. The van der Waals surface area contributed by atoms with Crippen LogP contribution in [-0.4, -0.2) is 0 Å². The van der Waals surface area contributed by atoms with Crippen LogP contribution in [0.25, 0.3) is 44.5 Å². The third-order valence-corrected chi connectivity index (χ3v) is 13.1. The number of halogens is 1. The first-order valence-corrected chi connectivity index (χ1v) is 24.0. The van der Waals surface area contributed by atoms with Crippen LogP contribution in [0.5, 0.6) is 0 Å². The highest BCUT2D eigenvalue weighted by Crippen LogP contribution is 2.59. The molecule has 68 heavy (non-hydrogen) atoms. The molecule has 10 aromatic rings. The van der Waals surface area contributed by atoms with Crippen LogP contribution in [0.1, 0.15) is 78.6 Å². The molecular weight excluding hydrogens is 932 g/mol. The zero-order valence-electron chi connectivity index (χ0n) is 39.5. The minimum absolute atomic E-state index is 0. The van der Waals surface area contributed by atoms with E-state index in [1.807, 2.05) is 13.8 Å². The minimum atomic E-state index is -0.334. The van der Waals surface area contributed by atoms with Gasteiger partial charge in [-0.1, -0.05) is 295 Å². The van der Waals surface area contributed by atoms with Gasteiger partial charge in [0.15, 0.2) is 0 Å². The van der Waals surface area contributed by atoms with Crippen molar-refractivity contribution in [2.24, 2.45) is 0 Å². The summed E-state index contributed by atoms with van der Waals surface area (Å²) in [6.07, 6.45) is 1.25. The summed E-state index contributed by atoms with van der Waals surface area (Å²) in [5.74, 6) is 0. The lowest BCUT2D eigenvalue weighted by Gasteiger charge is -2.34. The molecule has 0 amide bonds. The van der Waals surface area contributed by atoms with Crippen molar-refractivity contribution in [2.45, 2.75) is 44.9 Å². The van der Waals surface area contributed by atoms with Gasteiger partial charge in [-0.3, -0.25) is 0 Å². The molecule has 0 radical (unpaired) electrons. The van der Waals surface area contributed by atoms with E-state index in [-0.39, 0.29) is 34.8 Å². The fraction of sp³-hybridized carbons (Fsp3) is 0.104. The van der Waals surface area contributed by atoms with Crippen LogP contribution in [0.4, 0.5) is 0 Å². The molecule has 0 atom stereocenters. The van der Waals surface area contributed by atoms with Crippen molar-refractivity contribution < 1.29 is 0 Å². The average molecular weight is 991 g/mol. The summed E-state index contributed by atoms with van der Waals surface area (Å²) in [7, 11) is 0. The van der Waals surface area contributed by atoms with E-state index in [0.29, 0.717) is 0 Å². The molecule has 0 aromatic heterocycles. The molecule has 2 aliphatic carbocycles. The van der Waals surface area contributed by atoms with Crippen molar-refractivity contribution in [3.05, 3.63) is 311 Å². The van der Waals surface area contributed by atoms with E-state index in [0.717, 1.165) is 0 Å². The Balaban J connectivity index is 0.000000166. The van der Waals surface area contributed by atoms with E-state index in [9.17, 15) is 0 Å². The normalized spacial score (nSPS) is 12.6. The fourth-order valence-electron chi connectivity index (χ4n) is 10.6. The molecule has 10 aromatic carbocycles. The van der Waals surface area contributed by atoms with Crippen LogP contribution in [0.15, 0.2) is 267 Å². The van der Waals surface area contributed by atoms with Gasteiger partial charge in [-0.25, -0.2) is 0 Å². The van der Waals surface area contributed by atoms with E-state index in [1.54, 1.807) is 0 Å². The summed E-state index contributed by atoms with van der Waals surface area (Å²) in [4.78, 5) is 0. The van der Waals surface area contributed by atoms with Crippen LogP contribution in [-0.2, 0) is 10.8 Å². The number of hydrogen-bond acceptors (Lipinski definition) is 0.